The summed E-state index contributed by atoms with van der Waals surface area (Å²) in [6.45, 7) is 0.711. The second-order valence-electron chi connectivity index (χ2n) is 4.28. The first kappa shape index (κ1) is 11.5. The lowest BCUT2D eigenvalue weighted by molar-refractivity contribution is 0.919. The second kappa shape index (κ2) is 4.93. The van der Waals surface area contributed by atoms with Gasteiger partial charge in [-0.15, -0.1) is 10.2 Å². The van der Waals surface area contributed by atoms with Gasteiger partial charge in [0, 0.05) is 24.5 Å². The molecule has 1 aromatic carbocycles. The smallest absolute Gasteiger partial charge is 0.163 e. The number of aromatic amines is 1. The van der Waals surface area contributed by atoms with Crippen LogP contribution in [-0.4, -0.2) is 25.0 Å². The second-order valence-corrected chi connectivity index (χ2v) is 4.28. The third-order valence-electron chi connectivity index (χ3n) is 2.87. The Hall–Kier alpha value is -2.63. The van der Waals surface area contributed by atoms with Gasteiger partial charge >= 0.3 is 0 Å². The Kier molecular flexibility index (Phi) is 2.97. The molecule has 0 saturated carbocycles. The Balaban J connectivity index is 1.78. The zero-order valence-electron chi connectivity index (χ0n) is 10.5. The molecular weight excluding hydrogens is 240 g/mol. The minimum Gasteiger partial charge on any atom is -0.379 e. The molecule has 0 saturated heterocycles. The largest absolute Gasteiger partial charge is 0.379 e. The van der Waals surface area contributed by atoms with Gasteiger partial charge in [-0.25, -0.2) is 0 Å². The average Bonchev–Trinajstić information content (AvgIpc) is 3.08. The van der Waals surface area contributed by atoms with Crippen molar-refractivity contribution in [3.63, 3.8) is 0 Å². The Bertz CT molecular complexity index is 655. The van der Waals surface area contributed by atoms with Gasteiger partial charge in [0.05, 0.1) is 12.2 Å². The summed E-state index contributed by atoms with van der Waals surface area (Å²) < 4.78 is 1.90. The number of nitrogens with one attached hydrogen (secondary N) is 2. The molecule has 3 rings (SSSR count). The highest BCUT2D eigenvalue weighted by Crippen LogP contribution is 2.20. The first-order valence-electron chi connectivity index (χ1n) is 5.99. The zero-order chi connectivity index (χ0) is 13.1. The molecule has 2 N–H and O–H groups in total. The predicted molar refractivity (Wildman–Crippen MR) is 72.4 cm³/mol. The maximum absolute atomic E-state index is 4.11. The maximum atomic E-state index is 4.11. The molecule has 6 heteroatoms. The molecule has 0 bridgehead atoms. The predicted octanol–water partition coefficient (Wildman–Crippen LogP) is 1.82. The van der Waals surface area contributed by atoms with E-state index in [1.165, 1.54) is 0 Å². The molecule has 0 aliphatic heterocycles. The molecule has 0 aliphatic rings. The van der Waals surface area contributed by atoms with E-state index in [9.17, 15) is 0 Å². The lowest BCUT2D eigenvalue weighted by Gasteiger charge is -2.07. The van der Waals surface area contributed by atoms with Crippen molar-refractivity contribution in [2.24, 2.45) is 7.05 Å². The summed E-state index contributed by atoms with van der Waals surface area (Å²) in [5, 5.41) is 18.2. The van der Waals surface area contributed by atoms with Crippen molar-refractivity contribution < 1.29 is 0 Å². The zero-order valence-corrected chi connectivity index (χ0v) is 10.5. The highest BCUT2D eigenvalue weighted by atomic mass is 15.2. The van der Waals surface area contributed by atoms with Crippen LogP contribution in [0, 0.1) is 0 Å². The molecule has 96 valence electrons. The van der Waals surface area contributed by atoms with Crippen molar-refractivity contribution in [2.45, 2.75) is 6.54 Å². The van der Waals surface area contributed by atoms with Crippen molar-refractivity contribution in [3.05, 3.63) is 48.5 Å². The molecule has 0 radical (unpaired) electrons. The molecular formula is C13H14N6. The van der Waals surface area contributed by atoms with Gasteiger partial charge in [-0.3, -0.25) is 5.10 Å². The first-order chi connectivity index (χ1) is 9.33. The number of aromatic nitrogens is 5. The number of hydrogen-bond donors (Lipinski definition) is 2. The third-order valence-corrected chi connectivity index (χ3v) is 2.87. The van der Waals surface area contributed by atoms with E-state index in [-0.39, 0.29) is 0 Å². The Labute approximate surface area is 110 Å². The standard InChI is InChI=1S/C13H14N6/c1-19-9-16-18-13(19)10-3-2-4-11(7-10)14-8-12-5-6-15-17-12/h2-7,9,14H,8H2,1H3,(H,15,17). The van der Waals surface area contributed by atoms with Gasteiger partial charge in [0.25, 0.3) is 0 Å². The fourth-order valence-electron chi connectivity index (χ4n) is 1.89. The van der Waals surface area contributed by atoms with E-state index in [0.29, 0.717) is 6.54 Å². The van der Waals surface area contributed by atoms with Crippen LogP contribution in [0.1, 0.15) is 5.69 Å². The Morgan fingerprint density at radius 2 is 2.26 bits per heavy atom. The molecule has 0 amide bonds. The molecule has 0 unspecified atom stereocenters. The highest BCUT2D eigenvalue weighted by Gasteiger charge is 2.05. The van der Waals surface area contributed by atoms with E-state index in [1.54, 1.807) is 12.5 Å². The van der Waals surface area contributed by atoms with Gasteiger partial charge in [-0.1, -0.05) is 12.1 Å². The van der Waals surface area contributed by atoms with Crippen LogP contribution in [-0.2, 0) is 13.6 Å². The topological polar surface area (TPSA) is 71.4 Å². The molecule has 0 aliphatic carbocycles. The first-order valence-corrected chi connectivity index (χ1v) is 5.99. The number of rotatable bonds is 4. The van der Waals surface area contributed by atoms with Crippen molar-refractivity contribution >= 4 is 5.69 Å². The quantitative estimate of drug-likeness (QED) is 0.745. The summed E-state index contributed by atoms with van der Waals surface area (Å²) in [6, 6.07) is 10.0. The monoisotopic (exact) mass is 254 g/mol. The van der Waals surface area contributed by atoms with Gasteiger partial charge in [0.1, 0.15) is 6.33 Å². The molecule has 0 atom stereocenters. The van der Waals surface area contributed by atoms with Crippen LogP contribution < -0.4 is 5.32 Å². The van der Waals surface area contributed by atoms with Gasteiger partial charge in [-0.05, 0) is 18.2 Å². The van der Waals surface area contributed by atoms with Crippen LogP contribution in [0.4, 0.5) is 5.69 Å². The number of aryl methyl sites for hydroxylation is 1. The van der Waals surface area contributed by atoms with E-state index in [2.05, 4.69) is 31.8 Å². The molecule has 0 spiro atoms. The van der Waals surface area contributed by atoms with Crippen LogP contribution in [0.2, 0.25) is 0 Å². The Morgan fingerprint density at radius 3 is 3.00 bits per heavy atom. The third kappa shape index (κ3) is 2.47. The fourth-order valence-corrected chi connectivity index (χ4v) is 1.89. The van der Waals surface area contributed by atoms with Crippen LogP contribution in [0.5, 0.6) is 0 Å². The molecule has 2 heterocycles. The molecule has 19 heavy (non-hydrogen) atoms. The van der Waals surface area contributed by atoms with Crippen molar-refractivity contribution in [3.8, 4) is 11.4 Å². The summed E-state index contributed by atoms with van der Waals surface area (Å²) in [5.41, 5.74) is 3.12. The van der Waals surface area contributed by atoms with E-state index < -0.39 is 0 Å². The minimum atomic E-state index is 0.711. The summed E-state index contributed by atoms with van der Waals surface area (Å²) >= 11 is 0. The molecule has 3 aromatic rings. The van der Waals surface area contributed by atoms with Crippen LogP contribution in [0.25, 0.3) is 11.4 Å². The molecule has 2 aromatic heterocycles. The van der Waals surface area contributed by atoms with E-state index in [4.69, 9.17) is 0 Å². The van der Waals surface area contributed by atoms with Crippen molar-refractivity contribution in [2.75, 3.05) is 5.32 Å². The SMILES string of the molecule is Cn1cnnc1-c1cccc(NCc2ccn[nH]2)c1. The number of hydrogen-bond acceptors (Lipinski definition) is 4. The van der Waals surface area contributed by atoms with E-state index >= 15 is 0 Å². The number of H-pyrrole nitrogens is 1. The van der Waals surface area contributed by atoms with E-state index in [1.807, 2.05) is 35.9 Å². The number of nitrogens with zero attached hydrogens (tertiary/aromatic N) is 4. The summed E-state index contributed by atoms with van der Waals surface area (Å²) in [6.07, 6.45) is 3.44. The van der Waals surface area contributed by atoms with Crippen LogP contribution in [0.15, 0.2) is 42.9 Å². The van der Waals surface area contributed by atoms with Crippen molar-refractivity contribution in [1.82, 2.24) is 25.0 Å². The van der Waals surface area contributed by atoms with Crippen LogP contribution >= 0.6 is 0 Å². The Morgan fingerprint density at radius 1 is 1.32 bits per heavy atom. The van der Waals surface area contributed by atoms with Gasteiger partial charge in [-0.2, -0.15) is 5.10 Å². The molecule has 6 nitrogen and oxygen atoms in total. The summed E-state index contributed by atoms with van der Waals surface area (Å²) in [5.74, 6) is 0.852. The summed E-state index contributed by atoms with van der Waals surface area (Å²) in [7, 11) is 1.93. The lowest BCUT2D eigenvalue weighted by Crippen LogP contribution is -2.00. The normalized spacial score (nSPS) is 10.6. The number of anilines is 1. The minimum absolute atomic E-state index is 0.711. The van der Waals surface area contributed by atoms with E-state index in [0.717, 1.165) is 22.8 Å². The summed E-state index contributed by atoms with van der Waals surface area (Å²) in [4.78, 5) is 0. The maximum Gasteiger partial charge on any atom is 0.163 e. The van der Waals surface area contributed by atoms with Gasteiger partial charge in [0.15, 0.2) is 5.82 Å². The molecule has 0 fully saturated rings. The van der Waals surface area contributed by atoms with Crippen molar-refractivity contribution in [1.29, 1.82) is 0 Å². The number of benzene rings is 1. The lowest BCUT2D eigenvalue weighted by atomic mass is 10.2. The highest BCUT2D eigenvalue weighted by molar-refractivity contribution is 5.62. The van der Waals surface area contributed by atoms with Gasteiger partial charge in [0.2, 0.25) is 0 Å². The van der Waals surface area contributed by atoms with Crippen LogP contribution in [0.3, 0.4) is 0 Å². The average molecular weight is 254 g/mol. The fraction of sp³-hybridized carbons (Fsp3) is 0.154. The van der Waals surface area contributed by atoms with Gasteiger partial charge < -0.3 is 9.88 Å².